The number of carbonyl (C=O) groups excluding carboxylic acids is 2. The van der Waals surface area contributed by atoms with Crippen molar-refractivity contribution in [3.05, 3.63) is 81.3 Å². The van der Waals surface area contributed by atoms with Gasteiger partial charge in [0.1, 0.15) is 12.4 Å². The molecule has 1 aliphatic carbocycles. The van der Waals surface area contributed by atoms with E-state index in [9.17, 15) is 14.0 Å². The molecule has 1 aromatic heterocycles. The summed E-state index contributed by atoms with van der Waals surface area (Å²) in [5.74, 6) is 0.838. The number of hydrogen-bond acceptors (Lipinski definition) is 5. The number of methoxy groups -OCH3 is 2. The molecule has 0 spiro atoms. The van der Waals surface area contributed by atoms with Gasteiger partial charge in [-0.2, -0.15) is 0 Å². The summed E-state index contributed by atoms with van der Waals surface area (Å²) in [5, 5.41) is 0. The number of carbonyl (C=O) groups is 2. The molecule has 3 aromatic rings. The first-order chi connectivity index (χ1) is 19.4. The molecule has 40 heavy (non-hydrogen) atoms. The molecule has 1 heterocycles. The highest BCUT2D eigenvalue weighted by Gasteiger charge is 2.29. The third kappa shape index (κ3) is 8.07. The van der Waals surface area contributed by atoms with Gasteiger partial charge in [-0.05, 0) is 73.7 Å². The first-order valence-corrected chi connectivity index (χ1v) is 14.8. The highest BCUT2D eigenvalue weighted by Crippen LogP contribution is 2.28. The van der Waals surface area contributed by atoms with Crippen LogP contribution in [0.4, 0.5) is 4.39 Å². The lowest BCUT2D eigenvalue weighted by Crippen LogP contribution is -2.48. The van der Waals surface area contributed by atoms with Gasteiger partial charge in [-0.25, -0.2) is 4.39 Å². The van der Waals surface area contributed by atoms with Crippen molar-refractivity contribution < 1.29 is 23.5 Å². The summed E-state index contributed by atoms with van der Waals surface area (Å²) in [5.41, 5.74) is 1.79. The first-order valence-electron chi connectivity index (χ1n) is 13.9. The molecular weight excluding hydrogens is 527 g/mol. The van der Waals surface area contributed by atoms with E-state index in [0.29, 0.717) is 31.0 Å². The van der Waals surface area contributed by atoms with E-state index in [1.54, 1.807) is 42.6 Å². The predicted octanol–water partition coefficient (Wildman–Crippen LogP) is 6.19. The van der Waals surface area contributed by atoms with Crippen molar-refractivity contribution in [2.75, 3.05) is 27.3 Å². The molecule has 0 unspecified atom stereocenters. The summed E-state index contributed by atoms with van der Waals surface area (Å²) in [7, 11) is 3.22. The summed E-state index contributed by atoms with van der Waals surface area (Å²) in [6, 6.07) is 16.0. The Hall–Kier alpha value is -3.39. The minimum absolute atomic E-state index is 0.0426. The Morgan fingerprint density at radius 3 is 2.25 bits per heavy atom. The molecule has 4 rings (SSSR count). The van der Waals surface area contributed by atoms with Crippen molar-refractivity contribution in [1.29, 1.82) is 0 Å². The van der Waals surface area contributed by atoms with Crippen LogP contribution < -0.4 is 9.47 Å². The van der Waals surface area contributed by atoms with Gasteiger partial charge in [0.2, 0.25) is 11.8 Å². The lowest BCUT2D eigenvalue weighted by atomic mass is 9.93. The smallest absolute Gasteiger partial charge is 0.242 e. The molecule has 0 aliphatic heterocycles. The van der Waals surface area contributed by atoms with E-state index >= 15 is 0 Å². The summed E-state index contributed by atoms with van der Waals surface area (Å²) >= 11 is 1.68. The number of benzene rings is 2. The summed E-state index contributed by atoms with van der Waals surface area (Å²) < 4.78 is 24.3. The molecule has 2 amide bonds. The summed E-state index contributed by atoms with van der Waals surface area (Å²) in [4.78, 5) is 33.4. The van der Waals surface area contributed by atoms with Gasteiger partial charge >= 0.3 is 0 Å². The number of nitrogens with zero attached hydrogens (tertiary/aromatic N) is 2. The number of aryl methyl sites for hydroxylation is 1. The first kappa shape index (κ1) is 29.6. The van der Waals surface area contributed by atoms with Gasteiger partial charge in [0.15, 0.2) is 11.5 Å². The number of amides is 2. The predicted molar refractivity (Wildman–Crippen MR) is 156 cm³/mol. The van der Waals surface area contributed by atoms with Gasteiger partial charge in [0.05, 0.1) is 27.2 Å². The highest BCUT2D eigenvalue weighted by molar-refractivity contribution is 7.11. The molecule has 0 N–H and O–H groups in total. The molecule has 2 aromatic carbocycles. The van der Waals surface area contributed by atoms with Gasteiger partial charge in [0, 0.05) is 22.3 Å². The Labute approximate surface area is 240 Å². The second kappa shape index (κ2) is 14.3. The minimum Gasteiger partial charge on any atom is -0.493 e. The maximum atomic E-state index is 13.9. The van der Waals surface area contributed by atoms with Gasteiger partial charge in [0.25, 0.3) is 0 Å². The normalized spacial score (nSPS) is 13.6. The largest absolute Gasteiger partial charge is 0.493 e. The van der Waals surface area contributed by atoms with E-state index in [2.05, 4.69) is 19.1 Å². The second-order valence-electron chi connectivity index (χ2n) is 10.4. The molecule has 0 atom stereocenters. The number of halogens is 1. The van der Waals surface area contributed by atoms with Crippen LogP contribution in [0.3, 0.4) is 0 Å². The van der Waals surface area contributed by atoms with Gasteiger partial charge < -0.3 is 19.3 Å². The van der Waals surface area contributed by atoms with E-state index in [1.165, 1.54) is 17.0 Å². The zero-order valence-electron chi connectivity index (χ0n) is 23.7. The van der Waals surface area contributed by atoms with Crippen LogP contribution in [-0.4, -0.2) is 55.0 Å². The van der Waals surface area contributed by atoms with Crippen molar-refractivity contribution in [3.8, 4) is 11.5 Å². The van der Waals surface area contributed by atoms with Crippen molar-refractivity contribution in [1.82, 2.24) is 9.80 Å². The van der Waals surface area contributed by atoms with E-state index in [4.69, 9.17) is 9.47 Å². The minimum atomic E-state index is -0.329. The Bertz CT molecular complexity index is 1270. The fourth-order valence-electron chi connectivity index (χ4n) is 5.29. The Morgan fingerprint density at radius 1 is 0.900 bits per heavy atom. The van der Waals surface area contributed by atoms with E-state index < -0.39 is 0 Å². The molecule has 8 heteroatoms. The molecule has 1 saturated carbocycles. The Balaban J connectivity index is 1.52. The van der Waals surface area contributed by atoms with Crippen LogP contribution in [0.15, 0.2) is 54.6 Å². The van der Waals surface area contributed by atoms with E-state index in [-0.39, 0.29) is 36.6 Å². The van der Waals surface area contributed by atoms with E-state index in [0.717, 1.165) is 48.1 Å². The number of rotatable bonds is 12. The molecular formula is C32H39FN2O4S. The number of hydrogen-bond donors (Lipinski definition) is 0. The maximum absolute atomic E-state index is 13.9. The zero-order chi connectivity index (χ0) is 28.5. The second-order valence-corrected chi connectivity index (χ2v) is 11.8. The SMILES string of the molecule is COc1ccc(CCN(Cc2ccc(C)s2)C(=O)CN(C(=O)Cc2ccc(F)cc2)C2CCCCC2)cc1OC. The van der Waals surface area contributed by atoms with Gasteiger partial charge in [-0.3, -0.25) is 9.59 Å². The van der Waals surface area contributed by atoms with Crippen LogP contribution in [-0.2, 0) is 29.0 Å². The lowest BCUT2D eigenvalue weighted by molar-refractivity contribution is -0.143. The van der Waals surface area contributed by atoms with Crippen LogP contribution in [0.2, 0.25) is 0 Å². The Morgan fingerprint density at radius 2 is 1.60 bits per heavy atom. The van der Waals surface area contributed by atoms with Crippen LogP contribution in [0.1, 0.15) is 53.0 Å². The van der Waals surface area contributed by atoms with Crippen LogP contribution in [0.5, 0.6) is 11.5 Å². The molecule has 1 aliphatic rings. The fraction of sp³-hybridized carbons (Fsp3) is 0.438. The highest BCUT2D eigenvalue weighted by atomic mass is 32.1. The zero-order valence-corrected chi connectivity index (χ0v) is 24.5. The lowest BCUT2D eigenvalue weighted by Gasteiger charge is -2.35. The van der Waals surface area contributed by atoms with Crippen LogP contribution in [0.25, 0.3) is 0 Å². The van der Waals surface area contributed by atoms with Crippen molar-refractivity contribution >= 4 is 23.2 Å². The molecule has 0 radical (unpaired) electrons. The fourth-order valence-corrected chi connectivity index (χ4v) is 6.19. The maximum Gasteiger partial charge on any atom is 0.242 e. The molecule has 1 fully saturated rings. The summed E-state index contributed by atoms with van der Waals surface area (Å²) in [6.45, 7) is 3.11. The molecule has 214 valence electrons. The van der Waals surface area contributed by atoms with Crippen molar-refractivity contribution in [3.63, 3.8) is 0 Å². The van der Waals surface area contributed by atoms with Gasteiger partial charge in [-0.1, -0.05) is 37.5 Å². The van der Waals surface area contributed by atoms with Crippen molar-refractivity contribution in [2.45, 2.75) is 64.5 Å². The van der Waals surface area contributed by atoms with E-state index in [1.807, 2.05) is 23.1 Å². The summed E-state index contributed by atoms with van der Waals surface area (Å²) in [6.07, 6.45) is 5.85. The van der Waals surface area contributed by atoms with Crippen LogP contribution >= 0.6 is 11.3 Å². The molecule has 0 bridgehead atoms. The van der Waals surface area contributed by atoms with Gasteiger partial charge in [-0.15, -0.1) is 11.3 Å². The quantitative estimate of drug-likeness (QED) is 0.262. The number of thiophene rings is 1. The third-order valence-electron chi connectivity index (χ3n) is 7.52. The Kier molecular flexibility index (Phi) is 10.6. The average Bonchev–Trinajstić information content (AvgIpc) is 3.39. The average molecular weight is 567 g/mol. The topological polar surface area (TPSA) is 59.1 Å². The molecule has 0 saturated heterocycles. The van der Waals surface area contributed by atoms with Crippen molar-refractivity contribution in [2.24, 2.45) is 0 Å². The molecule has 6 nitrogen and oxygen atoms in total. The number of ether oxygens (including phenoxy) is 2. The third-order valence-corrected chi connectivity index (χ3v) is 8.51. The standard InChI is InChI=1S/C32H39FN2O4S/c1-23-9-15-28(40-23)21-34(18-17-25-12-16-29(38-2)30(19-25)39-3)32(37)22-35(27-7-5-4-6-8-27)31(36)20-24-10-13-26(33)14-11-24/h9-16,19,27H,4-8,17-18,20-22H2,1-3H3. The monoisotopic (exact) mass is 566 g/mol. The van der Waals surface area contributed by atoms with Crippen LogP contribution in [0, 0.1) is 12.7 Å².